The van der Waals surface area contributed by atoms with Crippen molar-refractivity contribution in [2.75, 3.05) is 19.0 Å². The first kappa shape index (κ1) is 10.1. The van der Waals surface area contributed by atoms with Gasteiger partial charge in [0.2, 0.25) is 0 Å². The SMILES string of the molecule is CN(C)c1ccc(C(=O)O)cc1C#N. The number of carbonyl (C=O) groups is 1. The second kappa shape index (κ2) is 3.79. The number of benzene rings is 1. The fourth-order valence-electron chi connectivity index (χ4n) is 1.15. The predicted molar refractivity (Wildman–Crippen MR) is 52.4 cm³/mol. The van der Waals surface area contributed by atoms with Crippen LogP contribution < -0.4 is 4.90 Å². The van der Waals surface area contributed by atoms with Crippen molar-refractivity contribution in [2.45, 2.75) is 0 Å². The Morgan fingerprint density at radius 3 is 2.57 bits per heavy atom. The van der Waals surface area contributed by atoms with Crippen molar-refractivity contribution in [2.24, 2.45) is 0 Å². The van der Waals surface area contributed by atoms with Gasteiger partial charge in [-0.1, -0.05) is 0 Å². The Kier molecular flexibility index (Phi) is 2.73. The number of nitriles is 1. The van der Waals surface area contributed by atoms with Gasteiger partial charge in [0, 0.05) is 14.1 Å². The molecule has 1 rings (SSSR count). The predicted octanol–water partition coefficient (Wildman–Crippen LogP) is 1.32. The smallest absolute Gasteiger partial charge is 0.335 e. The summed E-state index contributed by atoms with van der Waals surface area (Å²) in [5, 5.41) is 17.5. The molecule has 0 saturated carbocycles. The summed E-state index contributed by atoms with van der Waals surface area (Å²) in [6.07, 6.45) is 0. The third-order valence-electron chi connectivity index (χ3n) is 1.85. The van der Waals surface area contributed by atoms with Crippen molar-refractivity contribution in [3.8, 4) is 6.07 Å². The molecule has 1 aromatic carbocycles. The molecule has 0 fully saturated rings. The molecule has 0 amide bonds. The third kappa shape index (κ3) is 1.83. The molecule has 0 heterocycles. The van der Waals surface area contributed by atoms with Crippen LogP contribution in [0.2, 0.25) is 0 Å². The average Bonchev–Trinajstić information content (AvgIpc) is 2.16. The second-order valence-electron chi connectivity index (χ2n) is 3.04. The molecule has 1 N–H and O–H groups in total. The normalized spacial score (nSPS) is 9.21. The molecule has 0 radical (unpaired) electrons. The first-order chi connectivity index (χ1) is 6.56. The van der Waals surface area contributed by atoms with Gasteiger partial charge in [-0.15, -0.1) is 0 Å². The first-order valence-corrected chi connectivity index (χ1v) is 4.01. The van der Waals surface area contributed by atoms with E-state index in [2.05, 4.69) is 0 Å². The Bertz CT molecular complexity index is 405. The maximum atomic E-state index is 10.6. The minimum Gasteiger partial charge on any atom is -0.478 e. The van der Waals surface area contributed by atoms with Gasteiger partial charge >= 0.3 is 5.97 Å². The zero-order valence-corrected chi connectivity index (χ0v) is 7.98. The Balaban J connectivity index is 3.27. The number of carboxylic acids is 1. The van der Waals surface area contributed by atoms with E-state index in [1.165, 1.54) is 12.1 Å². The lowest BCUT2D eigenvalue weighted by atomic mass is 10.1. The van der Waals surface area contributed by atoms with E-state index in [4.69, 9.17) is 10.4 Å². The monoisotopic (exact) mass is 190 g/mol. The van der Waals surface area contributed by atoms with Gasteiger partial charge in [-0.05, 0) is 18.2 Å². The van der Waals surface area contributed by atoms with Gasteiger partial charge in [-0.3, -0.25) is 0 Å². The lowest BCUT2D eigenvalue weighted by Gasteiger charge is -2.14. The van der Waals surface area contributed by atoms with Crippen LogP contribution in [-0.4, -0.2) is 25.2 Å². The molecule has 0 aliphatic carbocycles. The summed E-state index contributed by atoms with van der Waals surface area (Å²) >= 11 is 0. The van der Waals surface area contributed by atoms with Gasteiger partial charge in [0.1, 0.15) is 6.07 Å². The first-order valence-electron chi connectivity index (χ1n) is 4.01. The molecule has 0 aliphatic heterocycles. The Hall–Kier alpha value is -2.02. The number of aromatic carboxylic acids is 1. The van der Waals surface area contributed by atoms with Crippen molar-refractivity contribution in [1.29, 1.82) is 5.26 Å². The number of rotatable bonds is 2. The van der Waals surface area contributed by atoms with E-state index in [0.29, 0.717) is 5.56 Å². The standard InChI is InChI=1S/C10H10N2O2/c1-12(2)9-4-3-7(10(13)14)5-8(9)6-11/h3-5H,1-2H3,(H,13,14). The number of anilines is 1. The average molecular weight is 190 g/mol. The minimum atomic E-state index is -1.02. The van der Waals surface area contributed by atoms with Gasteiger partial charge in [0.15, 0.2) is 0 Å². The zero-order valence-electron chi connectivity index (χ0n) is 7.98. The van der Waals surface area contributed by atoms with Crippen LogP contribution in [0.15, 0.2) is 18.2 Å². The maximum Gasteiger partial charge on any atom is 0.335 e. The van der Waals surface area contributed by atoms with E-state index in [1.807, 2.05) is 6.07 Å². The summed E-state index contributed by atoms with van der Waals surface area (Å²) in [5.74, 6) is -1.02. The summed E-state index contributed by atoms with van der Waals surface area (Å²) in [5.41, 5.74) is 1.22. The van der Waals surface area contributed by atoms with Crippen LogP contribution in [0.3, 0.4) is 0 Å². The molecule has 0 bridgehead atoms. The molecule has 4 heteroatoms. The van der Waals surface area contributed by atoms with Gasteiger partial charge < -0.3 is 10.0 Å². The van der Waals surface area contributed by atoms with E-state index >= 15 is 0 Å². The Morgan fingerprint density at radius 1 is 1.50 bits per heavy atom. The summed E-state index contributed by atoms with van der Waals surface area (Å²) in [6, 6.07) is 6.45. The van der Waals surface area contributed by atoms with E-state index in [9.17, 15) is 4.79 Å². The zero-order chi connectivity index (χ0) is 10.7. The molecule has 0 aliphatic rings. The molecular weight excluding hydrogens is 180 g/mol. The van der Waals surface area contributed by atoms with Gasteiger partial charge in [0.05, 0.1) is 16.8 Å². The second-order valence-corrected chi connectivity index (χ2v) is 3.04. The van der Waals surface area contributed by atoms with Crippen LogP contribution in [0.4, 0.5) is 5.69 Å². The van der Waals surface area contributed by atoms with Crippen LogP contribution in [0.1, 0.15) is 15.9 Å². The van der Waals surface area contributed by atoms with E-state index in [0.717, 1.165) is 5.69 Å². The highest BCUT2D eigenvalue weighted by molar-refractivity contribution is 5.89. The highest BCUT2D eigenvalue weighted by Gasteiger charge is 2.08. The van der Waals surface area contributed by atoms with Crippen LogP contribution >= 0.6 is 0 Å². The van der Waals surface area contributed by atoms with Crippen LogP contribution in [0.5, 0.6) is 0 Å². The quantitative estimate of drug-likeness (QED) is 0.763. The van der Waals surface area contributed by atoms with Crippen molar-refractivity contribution in [1.82, 2.24) is 0 Å². The molecule has 0 unspecified atom stereocenters. The van der Waals surface area contributed by atoms with Gasteiger partial charge in [-0.25, -0.2) is 4.79 Å². The molecule has 0 saturated heterocycles. The van der Waals surface area contributed by atoms with Crippen LogP contribution in [-0.2, 0) is 0 Å². The van der Waals surface area contributed by atoms with Gasteiger partial charge in [-0.2, -0.15) is 5.26 Å². The molecule has 1 aromatic rings. The van der Waals surface area contributed by atoms with Crippen LogP contribution in [0, 0.1) is 11.3 Å². The highest BCUT2D eigenvalue weighted by Crippen LogP contribution is 2.19. The number of hydrogen-bond donors (Lipinski definition) is 1. The van der Waals surface area contributed by atoms with E-state index in [-0.39, 0.29) is 5.56 Å². The summed E-state index contributed by atoms with van der Waals surface area (Å²) in [7, 11) is 3.60. The Labute approximate surface area is 82.0 Å². The summed E-state index contributed by atoms with van der Waals surface area (Å²) in [6.45, 7) is 0. The lowest BCUT2D eigenvalue weighted by Crippen LogP contribution is -2.11. The third-order valence-corrected chi connectivity index (χ3v) is 1.85. The number of hydrogen-bond acceptors (Lipinski definition) is 3. The van der Waals surface area contributed by atoms with Crippen molar-refractivity contribution < 1.29 is 9.90 Å². The fraction of sp³-hybridized carbons (Fsp3) is 0.200. The molecule has 4 nitrogen and oxygen atoms in total. The highest BCUT2D eigenvalue weighted by atomic mass is 16.4. The molecule has 14 heavy (non-hydrogen) atoms. The summed E-state index contributed by atoms with van der Waals surface area (Å²) < 4.78 is 0. The fourth-order valence-corrected chi connectivity index (χ4v) is 1.15. The van der Waals surface area contributed by atoms with E-state index in [1.54, 1.807) is 25.1 Å². The lowest BCUT2D eigenvalue weighted by molar-refractivity contribution is 0.0697. The molecule has 0 aromatic heterocycles. The topological polar surface area (TPSA) is 64.3 Å². The van der Waals surface area contributed by atoms with Gasteiger partial charge in [0.25, 0.3) is 0 Å². The number of nitrogens with zero attached hydrogens (tertiary/aromatic N) is 2. The van der Waals surface area contributed by atoms with Crippen molar-refractivity contribution in [3.05, 3.63) is 29.3 Å². The van der Waals surface area contributed by atoms with Crippen LogP contribution in [0.25, 0.3) is 0 Å². The van der Waals surface area contributed by atoms with E-state index < -0.39 is 5.97 Å². The molecule has 0 spiro atoms. The molecular formula is C10H10N2O2. The number of carboxylic acid groups (broad SMARTS) is 1. The largest absolute Gasteiger partial charge is 0.478 e. The maximum absolute atomic E-state index is 10.6. The van der Waals surface area contributed by atoms with Crippen molar-refractivity contribution >= 4 is 11.7 Å². The summed E-state index contributed by atoms with van der Waals surface area (Å²) in [4.78, 5) is 12.4. The van der Waals surface area contributed by atoms with Crippen molar-refractivity contribution in [3.63, 3.8) is 0 Å². The molecule has 0 atom stereocenters. The molecule has 72 valence electrons. The Morgan fingerprint density at radius 2 is 2.14 bits per heavy atom. The minimum absolute atomic E-state index is 0.132.